The van der Waals surface area contributed by atoms with Gasteiger partial charge in [-0.25, -0.2) is 18.4 Å². The molecule has 3 aromatic rings. The highest BCUT2D eigenvalue weighted by Crippen LogP contribution is 2.27. The Labute approximate surface area is 205 Å². The van der Waals surface area contributed by atoms with E-state index in [-0.39, 0.29) is 39.4 Å². The molecule has 1 saturated heterocycles. The van der Waals surface area contributed by atoms with Crippen molar-refractivity contribution in [1.29, 1.82) is 5.26 Å². The van der Waals surface area contributed by atoms with Gasteiger partial charge in [0.15, 0.2) is 5.82 Å². The fraction of sp³-hybridized carbons (Fsp3) is 0.227. The second-order valence-electron chi connectivity index (χ2n) is 7.70. The van der Waals surface area contributed by atoms with Crippen molar-refractivity contribution >= 4 is 39.9 Å². The Bertz CT molecular complexity index is 1400. The molecule has 0 radical (unpaired) electrons. The van der Waals surface area contributed by atoms with Crippen LogP contribution in [0.5, 0.6) is 0 Å². The van der Waals surface area contributed by atoms with E-state index in [9.17, 15) is 27.8 Å². The Balaban J connectivity index is 1.72. The number of nitrogens with one attached hydrogen (secondary N) is 2. The van der Waals surface area contributed by atoms with Gasteiger partial charge in [-0.3, -0.25) is 13.8 Å². The molecule has 0 unspecified atom stereocenters. The molecule has 1 fully saturated rings. The number of carbonyl (C=O) groups excluding carboxylic acids is 2. The van der Waals surface area contributed by atoms with Gasteiger partial charge in [0.2, 0.25) is 0 Å². The number of anilines is 1. The van der Waals surface area contributed by atoms with Gasteiger partial charge >= 0.3 is 0 Å². The van der Waals surface area contributed by atoms with Crippen LogP contribution in [0.3, 0.4) is 0 Å². The minimum Gasteiger partial charge on any atom is -0.347 e. The monoisotopic (exact) mass is 518 g/mol. The molecule has 2 aromatic heterocycles. The molecule has 2 N–H and O–H groups in total. The molecule has 0 saturated carbocycles. The Morgan fingerprint density at radius 3 is 2.66 bits per heavy atom. The molecule has 0 aliphatic carbocycles. The van der Waals surface area contributed by atoms with Gasteiger partial charge in [-0.2, -0.15) is 10.4 Å². The summed E-state index contributed by atoms with van der Waals surface area (Å²) in [5, 5.41) is 18.5. The lowest BCUT2D eigenvalue weighted by molar-refractivity contribution is 0.0943. The number of carbonyl (C=O) groups is 2. The summed E-state index contributed by atoms with van der Waals surface area (Å²) < 4.78 is 39.1. The summed E-state index contributed by atoms with van der Waals surface area (Å²) in [5.41, 5.74) is -0.271. The molecule has 0 spiro atoms. The average Bonchev–Trinajstić information content (AvgIpc) is 3.25. The summed E-state index contributed by atoms with van der Waals surface area (Å²) >= 11 is 6.14. The molecule has 35 heavy (non-hydrogen) atoms. The zero-order valence-corrected chi connectivity index (χ0v) is 19.7. The van der Waals surface area contributed by atoms with Crippen molar-refractivity contribution in [3.63, 3.8) is 0 Å². The van der Waals surface area contributed by atoms with Crippen LogP contribution in [-0.4, -0.2) is 48.3 Å². The van der Waals surface area contributed by atoms with E-state index in [4.69, 9.17) is 11.6 Å². The second kappa shape index (κ2) is 9.89. The normalized spacial score (nSPS) is 16.9. The quantitative estimate of drug-likeness (QED) is 0.515. The van der Waals surface area contributed by atoms with Gasteiger partial charge in [0.1, 0.15) is 11.4 Å². The van der Waals surface area contributed by atoms with Crippen LogP contribution in [0, 0.1) is 18.3 Å². The molecule has 2 amide bonds. The number of nitriles is 1. The molecule has 4 rings (SSSR count). The number of nitrogens with zero attached hydrogens (tertiary/aromatic N) is 4. The first-order chi connectivity index (χ1) is 16.7. The van der Waals surface area contributed by atoms with Crippen LogP contribution in [0.4, 0.5) is 14.5 Å². The number of hydrogen-bond acceptors (Lipinski definition) is 6. The van der Waals surface area contributed by atoms with Crippen molar-refractivity contribution in [2.45, 2.75) is 19.4 Å². The van der Waals surface area contributed by atoms with E-state index < -0.39 is 34.7 Å². The van der Waals surface area contributed by atoms with E-state index in [0.29, 0.717) is 17.1 Å². The van der Waals surface area contributed by atoms with Crippen LogP contribution >= 0.6 is 11.6 Å². The molecule has 1 aliphatic heterocycles. The van der Waals surface area contributed by atoms with E-state index in [1.54, 1.807) is 6.92 Å². The van der Waals surface area contributed by atoms with E-state index in [1.807, 2.05) is 6.07 Å². The molecule has 180 valence electrons. The maximum Gasteiger partial charge on any atom is 0.282 e. The van der Waals surface area contributed by atoms with Gasteiger partial charge in [-0.1, -0.05) is 11.6 Å². The fourth-order valence-electron chi connectivity index (χ4n) is 3.48. The number of pyridine rings is 1. The largest absolute Gasteiger partial charge is 0.347 e. The third-order valence-corrected chi connectivity index (χ3v) is 7.02. The maximum atomic E-state index is 13.4. The van der Waals surface area contributed by atoms with Crippen LogP contribution in [-0.2, 0) is 10.8 Å². The second-order valence-corrected chi connectivity index (χ2v) is 9.65. The van der Waals surface area contributed by atoms with Crippen molar-refractivity contribution in [2.24, 2.45) is 0 Å². The van der Waals surface area contributed by atoms with Crippen LogP contribution in [0.15, 0.2) is 36.5 Å². The lowest BCUT2D eigenvalue weighted by atomic mass is 10.0. The SMILES string of the molecule is Cc1cc(C#N)cc(C(=O)NC2CS(=O)C2)c1NC(=O)c1cc(C(F)F)nn1-c1ncccc1Cl. The van der Waals surface area contributed by atoms with Crippen molar-refractivity contribution in [2.75, 3.05) is 16.8 Å². The van der Waals surface area contributed by atoms with Crippen LogP contribution in [0.1, 0.15) is 44.1 Å². The molecular formula is C22H17ClF2N6O3S. The van der Waals surface area contributed by atoms with Crippen LogP contribution in [0.2, 0.25) is 5.02 Å². The maximum absolute atomic E-state index is 13.4. The topological polar surface area (TPSA) is 130 Å². The van der Waals surface area contributed by atoms with Crippen LogP contribution in [0.25, 0.3) is 5.82 Å². The summed E-state index contributed by atoms with van der Waals surface area (Å²) in [6.45, 7) is 1.59. The highest BCUT2D eigenvalue weighted by atomic mass is 35.5. The first kappa shape index (κ1) is 24.4. The first-order valence-corrected chi connectivity index (χ1v) is 12.1. The minimum atomic E-state index is -2.96. The standard InChI is InChI=1S/C22H17ClF2N6O3S/c1-11-5-12(8-26)6-14(21(32)28-13-9-35(34)10-13)18(11)29-22(33)17-7-16(19(24)25)30-31(17)20-15(23)3-2-4-27-20/h2-7,13,19H,9-10H2,1H3,(H,28,32)(H,29,33). The van der Waals surface area contributed by atoms with E-state index >= 15 is 0 Å². The summed E-state index contributed by atoms with van der Waals surface area (Å²) in [6.07, 6.45) is -1.59. The van der Waals surface area contributed by atoms with Gasteiger partial charge in [0.25, 0.3) is 18.2 Å². The Hall–Kier alpha value is -3.69. The summed E-state index contributed by atoms with van der Waals surface area (Å²) in [4.78, 5) is 30.2. The van der Waals surface area contributed by atoms with E-state index in [1.165, 1.54) is 30.5 Å². The Morgan fingerprint density at radius 1 is 1.29 bits per heavy atom. The number of hydrogen-bond donors (Lipinski definition) is 2. The number of halogens is 3. The predicted octanol–water partition coefficient (Wildman–Crippen LogP) is 3.15. The summed E-state index contributed by atoms with van der Waals surface area (Å²) in [5.74, 6) is -0.830. The molecule has 13 heteroatoms. The lowest BCUT2D eigenvalue weighted by Gasteiger charge is -2.26. The third-order valence-electron chi connectivity index (χ3n) is 5.18. The van der Waals surface area contributed by atoms with Gasteiger partial charge in [-0.15, -0.1) is 0 Å². The molecule has 1 aliphatic rings. The number of aromatic nitrogens is 3. The molecule has 1 aromatic carbocycles. The Morgan fingerprint density at radius 2 is 2.03 bits per heavy atom. The number of aryl methyl sites for hydroxylation is 1. The third kappa shape index (κ3) is 5.06. The van der Waals surface area contributed by atoms with Crippen molar-refractivity contribution in [3.05, 3.63) is 69.6 Å². The number of alkyl halides is 2. The summed E-state index contributed by atoms with van der Waals surface area (Å²) in [6, 6.07) is 8.36. The van der Waals surface area contributed by atoms with Gasteiger partial charge in [0.05, 0.1) is 33.9 Å². The minimum absolute atomic E-state index is 0.00333. The van der Waals surface area contributed by atoms with E-state index in [2.05, 4.69) is 20.7 Å². The zero-order chi connectivity index (χ0) is 25.3. The van der Waals surface area contributed by atoms with Gasteiger partial charge in [-0.05, 0) is 42.8 Å². The van der Waals surface area contributed by atoms with E-state index in [0.717, 1.165) is 10.7 Å². The average molecular weight is 519 g/mol. The van der Waals surface area contributed by atoms with Gasteiger partial charge < -0.3 is 10.6 Å². The molecular weight excluding hydrogens is 502 g/mol. The number of benzene rings is 1. The highest BCUT2D eigenvalue weighted by Gasteiger charge is 2.29. The molecule has 9 nitrogen and oxygen atoms in total. The lowest BCUT2D eigenvalue weighted by Crippen LogP contribution is -2.50. The molecule has 0 bridgehead atoms. The highest BCUT2D eigenvalue weighted by molar-refractivity contribution is 7.86. The molecule has 0 atom stereocenters. The summed E-state index contributed by atoms with van der Waals surface area (Å²) in [7, 11) is -0.994. The fourth-order valence-corrected chi connectivity index (χ4v) is 4.65. The molecule has 3 heterocycles. The predicted molar refractivity (Wildman–Crippen MR) is 124 cm³/mol. The van der Waals surface area contributed by atoms with Crippen molar-refractivity contribution in [1.82, 2.24) is 20.1 Å². The van der Waals surface area contributed by atoms with Gasteiger partial charge in [0, 0.05) is 28.5 Å². The van der Waals surface area contributed by atoms with Crippen molar-refractivity contribution in [3.8, 4) is 11.9 Å². The zero-order valence-electron chi connectivity index (χ0n) is 18.1. The smallest absolute Gasteiger partial charge is 0.282 e. The Kier molecular flexibility index (Phi) is 6.90. The number of rotatable bonds is 6. The first-order valence-electron chi connectivity index (χ1n) is 10.2. The van der Waals surface area contributed by atoms with Crippen molar-refractivity contribution < 1.29 is 22.6 Å². The van der Waals surface area contributed by atoms with Crippen LogP contribution < -0.4 is 10.6 Å². The number of amides is 2.